The van der Waals surface area contributed by atoms with Crippen molar-refractivity contribution in [2.24, 2.45) is 5.73 Å². The third-order valence-electron chi connectivity index (χ3n) is 4.34. The number of nitrogens with one attached hydrogen (secondary N) is 1. The van der Waals surface area contributed by atoms with Crippen LogP contribution in [0.1, 0.15) is 32.6 Å². The Bertz CT molecular complexity index is 435. The summed E-state index contributed by atoms with van der Waals surface area (Å²) in [4.78, 5) is 14.4. The molecule has 0 aromatic heterocycles. The van der Waals surface area contributed by atoms with Gasteiger partial charge >= 0.3 is 0 Å². The van der Waals surface area contributed by atoms with E-state index in [2.05, 4.69) is 10.2 Å². The Hall–Kier alpha value is -1.39. The first-order valence-corrected chi connectivity index (χ1v) is 7.43. The van der Waals surface area contributed by atoms with Crippen molar-refractivity contribution in [1.29, 1.82) is 0 Å². The molecule has 20 heavy (non-hydrogen) atoms. The number of anilines is 1. The van der Waals surface area contributed by atoms with E-state index in [4.69, 9.17) is 5.73 Å². The number of nitrogens with two attached hydrogens (primary N) is 1. The first-order valence-electron chi connectivity index (χ1n) is 7.43. The third-order valence-corrected chi connectivity index (χ3v) is 4.34. The van der Waals surface area contributed by atoms with Gasteiger partial charge in [-0.2, -0.15) is 0 Å². The van der Waals surface area contributed by atoms with Crippen LogP contribution in [-0.4, -0.2) is 36.0 Å². The third kappa shape index (κ3) is 3.58. The summed E-state index contributed by atoms with van der Waals surface area (Å²) in [7, 11) is 2.01. The Kier molecular flexibility index (Phi) is 5.15. The molecule has 3 unspecified atom stereocenters. The molecule has 3 atom stereocenters. The van der Waals surface area contributed by atoms with Gasteiger partial charge in [-0.25, -0.2) is 0 Å². The summed E-state index contributed by atoms with van der Waals surface area (Å²) in [6, 6.07) is 9.88. The molecule has 1 saturated carbocycles. The number of para-hydroxylation sites is 1. The minimum atomic E-state index is -0.177. The average Bonchev–Trinajstić information content (AvgIpc) is 2.47. The van der Waals surface area contributed by atoms with Gasteiger partial charge < -0.3 is 11.1 Å². The molecule has 3 N–H and O–H groups in total. The summed E-state index contributed by atoms with van der Waals surface area (Å²) >= 11 is 0. The molecule has 0 radical (unpaired) electrons. The van der Waals surface area contributed by atoms with Gasteiger partial charge in [-0.1, -0.05) is 31.0 Å². The van der Waals surface area contributed by atoms with Gasteiger partial charge in [0.2, 0.25) is 5.91 Å². The number of benzene rings is 1. The van der Waals surface area contributed by atoms with Crippen molar-refractivity contribution in [2.45, 2.75) is 50.7 Å². The van der Waals surface area contributed by atoms with Crippen LogP contribution in [0.5, 0.6) is 0 Å². The number of carbonyl (C=O) groups excluding carboxylic acids is 1. The molecule has 1 aromatic rings. The number of rotatable bonds is 4. The molecule has 4 nitrogen and oxygen atoms in total. The van der Waals surface area contributed by atoms with Crippen LogP contribution >= 0.6 is 0 Å². The van der Waals surface area contributed by atoms with Crippen LogP contribution in [0.25, 0.3) is 0 Å². The predicted molar refractivity (Wildman–Crippen MR) is 82.5 cm³/mol. The molecule has 1 fully saturated rings. The zero-order chi connectivity index (χ0) is 14.5. The van der Waals surface area contributed by atoms with E-state index in [-0.39, 0.29) is 18.0 Å². The van der Waals surface area contributed by atoms with E-state index in [1.807, 2.05) is 44.3 Å². The van der Waals surface area contributed by atoms with Gasteiger partial charge in [0, 0.05) is 17.8 Å². The highest BCUT2D eigenvalue weighted by molar-refractivity contribution is 5.94. The summed E-state index contributed by atoms with van der Waals surface area (Å²) in [5, 5.41) is 2.96. The van der Waals surface area contributed by atoms with E-state index in [0.717, 1.165) is 18.5 Å². The minimum Gasteiger partial charge on any atom is -0.326 e. The molecule has 0 bridgehead atoms. The Morgan fingerprint density at radius 3 is 2.60 bits per heavy atom. The van der Waals surface area contributed by atoms with Gasteiger partial charge in [0.05, 0.1) is 6.04 Å². The van der Waals surface area contributed by atoms with Crippen molar-refractivity contribution in [1.82, 2.24) is 4.90 Å². The van der Waals surface area contributed by atoms with Crippen molar-refractivity contribution in [2.75, 3.05) is 12.4 Å². The van der Waals surface area contributed by atoms with Crippen molar-refractivity contribution in [3.05, 3.63) is 30.3 Å². The van der Waals surface area contributed by atoms with Crippen LogP contribution in [0.4, 0.5) is 5.69 Å². The van der Waals surface area contributed by atoms with E-state index in [1.54, 1.807) is 0 Å². The molecule has 110 valence electrons. The SMILES string of the molecule is CC(C(=O)Nc1ccccc1)N(C)C1CCCCC1N. The van der Waals surface area contributed by atoms with Crippen LogP contribution in [0.2, 0.25) is 0 Å². The Morgan fingerprint density at radius 1 is 1.30 bits per heavy atom. The van der Waals surface area contributed by atoms with Crippen LogP contribution in [-0.2, 0) is 4.79 Å². The zero-order valence-corrected chi connectivity index (χ0v) is 12.4. The summed E-state index contributed by atoms with van der Waals surface area (Å²) in [6.45, 7) is 1.94. The molecule has 0 spiro atoms. The summed E-state index contributed by atoms with van der Waals surface area (Å²) in [5.74, 6) is 0.0245. The highest BCUT2D eigenvalue weighted by atomic mass is 16.2. The second-order valence-corrected chi connectivity index (χ2v) is 5.71. The van der Waals surface area contributed by atoms with Gasteiger partial charge in [-0.05, 0) is 38.9 Å². The van der Waals surface area contributed by atoms with Gasteiger partial charge in [-0.15, -0.1) is 0 Å². The monoisotopic (exact) mass is 275 g/mol. The van der Waals surface area contributed by atoms with Gasteiger partial charge in [0.25, 0.3) is 0 Å². The highest BCUT2D eigenvalue weighted by Gasteiger charge is 2.30. The largest absolute Gasteiger partial charge is 0.326 e. The number of hydrogen-bond donors (Lipinski definition) is 2. The first kappa shape index (κ1) is 15.0. The minimum absolute atomic E-state index is 0.0245. The second kappa shape index (κ2) is 6.86. The fourth-order valence-electron chi connectivity index (χ4n) is 2.89. The molecule has 0 aliphatic heterocycles. The van der Waals surface area contributed by atoms with Crippen molar-refractivity contribution in [3.63, 3.8) is 0 Å². The summed E-state index contributed by atoms with van der Waals surface area (Å²) in [5.41, 5.74) is 7.04. The van der Waals surface area contributed by atoms with E-state index >= 15 is 0 Å². The molecule has 4 heteroatoms. The lowest BCUT2D eigenvalue weighted by Crippen LogP contribution is -2.53. The molecule has 0 heterocycles. The van der Waals surface area contributed by atoms with Gasteiger partial charge in [0.15, 0.2) is 0 Å². The lowest BCUT2D eigenvalue weighted by Gasteiger charge is -2.38. The summed E-state index contributed by atoms with van der Waals surface area (Å²) in [6.07, 6.45) is 4.55. The fraction of sp³-hybridized carbons (Fsp3) is 0.562. The lowest BCUT2D eigenvalue weighted by atomic mass is 9.89. The summed E-state index contributed by atoms with van der Waals surface area (Å²) < 4.78 is 0. The maximum Gasteiger partial charge on any atom is 0.241 e. The van der Waals surface area contributed by atoms with E-state index in [1.165, 1.54) is 12.8 Å². The fourth-order valence-corrected chi connectivity index (χ4v) is 2.89. The lowest BCUT2D eigenvalue weighted by molar-refractivity contribution is -0.121. The zero-order valence-electron chi connectivity index (χ0n) is 12.4. The predicted octanol–water partition coefficient (Wildman–Crippen LogP) is 2.22. The van der Waals surface area contributed by atoms with E-state index < -0.39 is 0 Å². The number of nitrogens with zero attached hydrogens (tertiary/aromatic N) is 1. The molecule has 1 amide bonds. The van der Waals surface area contributed by atoms with Crippen LogP contribution in [0, 0.1) is 0 Å². The number of hydrogen-bond acceptors (Lipinski definition) is 3. The highest BCUT2D eigenvalue weighted by Crippen LogP contribution is 2.22. The molecule has 1 aliphatic rings. The Morgan fingerprint density at radius 2 is 1.95 bits per heavy atom. The molecular formula is C16H25N3O. The molecule has 0 saturated heterocycles. The maximum absolute atomic E-state index is 12.3. The second-order valence-electron chi connectivity index (χ2n) is 5.71. The van der Waals surface area contributed by atoms with Crippen molar-refractivity contribution >= 4 is 11.6 Å². The van der Waals surface area contributed by atoms with E-state index in [9.17, 15) is 4.79 Å². The standard InChI is InChI=1S/C16H25N3O/c1-12(16(20)18-13-8-4-3-5-9-13)19(2)15-11-7-6-10-14(15)17/h3-5,8-9,12,14-15H,6-7,10-11,17H2,1-2H3,(H,18,20). The average molecular weight is 275 g/mol. The maximum atomic E-state index is 12.3. The Balaban J connectivity index is 1.95. The smallest absolute Gasteiger partial charge is 0.241 e. The Labute approximate surface area is 121 Å². The van der Waals surface area contributed by atoms with Crippen LogP contribution < -0.4 is 11.1 Å². The molecule has 1 aliphatic carbocycles. The molecule has 2 rings (SSSR count). The number of carbonyl (C=O) groups is 1. The van der Waals surface area contributed by atoms with Gasteiger partial charge in [-0.3, -0.25) is 9.69 Å². The molecule has 1 aromatic carbocycles. The number of likely N-dealkylation sites (N-methyl/N-ethyl adjacent to an activating group) is 1. The first-order chi connectivity index (χ1) is 9.59. The van der Waals surface area contributed by atoms with Crippen LogP contribution in [0.3, 0.4) is 0 Å². The topological polar surface area (TPSA) is 58.4 Å². The van der Waals surface area contributed by atoms with Crippen molar-refractivity contribution in [3.8, 4) is 0 Å². The van der Waals surface area contributed by atoms with Crippen molar-refractivity contribution < 1.29 is 4.79 Å². The normalized spacial score (nSPS) is 24.4. The van der Waals surface area contributed by atoms with Crippen LogP contribution in [0.15, 0.2) is 30.3 Å². The van der Waals surface area contributed by atoms with Gasteiger partial charge in [0.1, 0.15) is 0 Å². The van der Waals surface area contributed by atoms with E-state index in [0.29, 0.717) is 6.04 Å². The quantitative estimate of drug-likeness (QED) is 0.886. The number of amides is 1. The molecular weight excluding hydrogens is 250 g/mol.